The van der Waals surface area contributed by atoms with Gasteiger partial charge in [-0.2, -0.15) is 0 Å². The molecule has 1 aliphatic carbocycles. The predicted octanol–water partition coefficient (Wildman–Crippen LogP) is 3.22. The van der Waals surface area contributed by atoms with E-state index >= 15 is 0 Å². The van der Waals surface area contributed by atoms with Crippen molar-refractivity contribution in [2.45, 2.75) is 65.6 Å². The average molecular weight is 482 g/mol. The van der Waals surface area contributed by atoms with Gasteiger partial charge in [-0.1, -0.05) is 70.7 Å². The van der Waals surface area contributed by atoms with Crippen molar-refractivity contribution in [3.8, 4) is 0 Å². The second-order valence-corrected chi connectivity index (χ2v) is 10.6. The van der Waals surface area contributed by atoms with E-state index in [1.165, 1.54) is 0 Å². The maximum absolute atomic E-state index is 13.3. The molecule has 3 aliphatic rings. The van der Waals surface area contributed by atoms with E-state index in [1.807, 2.05) is 9.80 Å². The molecule has 0 saturated heterocycles. The zero-order chi connectivity index (χ0) is 25.5. The molecule has 0 aromatic carbocycles. The maximum Gasteiger partial charge on any atom is 0.254 e. The molecule has 0 fully saturated rings. The van der Waals surface area contributed by atoms with E-state index < -0.39 is 0 Å². The maximum atomic E-state index is 13.3. The first-order chi connectivity index (χ1) is 16.8. The molecule has 35 heavy (non-hydrogen) atoms. The fourth-order valence-corrected chi connectivity index (χ4v) is 5.43. The summed E-state index contributed by atoms with van der Waals surface area (Å²) >= 11 is 0. The molecule has 2 heterocycles. The van der Waals surface area contributed by atoms with Crippen molar-refractivity contribution in [2.75, 3.05) is 26.2 Å². The van der Waals surface area contributed by atoms with Crippen LogP contribution in [-0.2, 0) is 9.59 Å². The molecule has 6 heteroatoms. The lowest BCUT2D eigenvalue weighted by molar-refractivity contribution is -0.429. The van der Waals surface area contributed by atoms with Crippen LogP contribution in [0.5, 0.6) is 0 Å². The summed E-state index contributed by atoms with van der Waals surface area (Å²) in [5.74, 6) is 1.14. The first kappa shape index (κ1) is 27.2. The molecule has 0 saturated carbocycles. The summed E-state index contributed by atoms with van der Waals surface area (Å²) in [7, 11) is 0. The summed E-state index contributed by atoms with van der Waals surface area (Å²) in [6.07, 6.45) is 16.2. The van der Waals surface area contributed by atoms with Gasteiger partial charge >= 0.3 is 0 Å². The minimum Gasteiger partial charge on any atom is -0.342 e. The zero-order valence-electron chi connectivity index (χ0n) is 22.1. The van der Waals surface area contributed by atoms with Gasteiger partial charge in [0, 0.05) is 55.7 Å². The number of hydrogen-bond donors (Lipinski definition) is 2. The first-order valence-electron chi connectivity index (χ1n) is 13.4. The van der Waals surface area contributed by atoms with Gasteiger partial charge < -0.3 is 15.5 Å². The van der Waals surface area contributed by atoms with Crippen LogP contribution < -0.4 is 11.1 Å². The summed E-state index contributed by atoms with van der Waals surface area (Å²) in [5.41, 5.74) is 6.96. The van der Waals surface area contributed by atoms with Gasteiger partial charge in [-0.3, -0.25) is 14.9 Å². The van der Waals surface area contributed by atoms with Crippen LogP contribution in [0.4, 0.5) is 0 Å². The number of carbonyl (C=O) groups excluding carboxylic acids is 2. The topological polar surface area (TPSA) is 80.3 Å². The van der Waals surface area contributed by atoms with Crippen molar-refractivity contribution >= 4 is 11.8 Å². The second-order valence-electron chi connectivity index (χ2n) is 10.6. The summed E-state index contributed by atoms with van der Waals surface area (Å²) in [5, 5.41) is 3.67. The zero-order valence-corrected chi connectivity index (χ0v) is 22.1. The Morgan fingerprint density at radius 3 is 2.63 bits per heavy atom. The van der Waals surface area contributed by atoms with E-state index in [1.54, 1.807) is 6.08 Å². The Morgan fingerprint density at radius 1 is 1.29 bits per heavy atom. The van der Waals surface area contributed by atoms with Gasteiger partial charge in [0.1, 0.15) is 6.17 Å². The number of nitrogens with zero attached hydrogens (tertiary/aromatic N) is 2. The van der Waals surface area contributed by atoms with Gasteiger partial charge in [-0.25, -0.2) is 0 Å². The lowest BCUT2D eigenvalue weighted by atomic mass is 9.83. The molecule has 0 aromatic heterocycles. The summed E-state index contributed by atoms with van der Waals surface area (Å²) in [6, 6.07) is 0.240. The molecule has 0 spiro atoms. The van der Waals surface area contributed by atoms with Gasteiger partial charge in [0.2, 0.25) is 5.91 Å². The van der Waals surface area contributed by atoms with Crippen molar-refractivity contribution < 1.29 is 15.3 Å². The van der Waals surface area contributed by atoms with Gasteiger partial charge in [-0.15, -0.1) is 0 Å². The van der Waals surface area contributed by atoms with Crippen molar-refractivity contribution in [2.24, 2.45) is 17.8 Å². The van der Waals surface area contributed by atoms with E-state index in [4.69, 9.17) is 0 Å². The highest BCUT2D eigenvalue weighted by atomic mass is 16.2. The Bertz CT molecular complexity index is 908. The highest BCUT2D eigenvalue weighted by Crippen LogP contribution is 2.30. The number of nitrogens with one attached hydrogen (secondary N) is 1. The van der Waals surface area contributed by atoms with Crippen LogP contribution in [0.3, 0.4) is 0 Å². The Kier molecular flexibility index (Phi) is 9.70. The molecular formula is C29H45N4O2+. The highest BCUT2D eigenvalue weighted by Gasteiger charge is 2.33. The van der Waals surface area contributed by atoms with Crippen molar-refractivity contribution in [1.29, 1.82) is 0 Å². The molecule has 192 valence electrons. The number of allylic oxidation sites excluding steroid dienone is 2. The third-order valence-electron chi connectivity index (χ3n) is 6.99. The molecule has 6 nitrogen and oxygen atoms in total. The first-order valence-corrected chi connectivity index (χ1v) is 13.4. The van der Waals surface area contributed by atoms with E-state index in [-0.39, 0.29) is 35.9 Å². The smallest absolute Gasteiger partial charge is 0.254 e. The van der Waals surface area contributed by atoms with Crippen LogP contribution in [0, 0.1) is 17.8 Å². The van der Waals surface area contributed by atoms with Crippen molar-refractivity contribution in [1.82, 2.24) is 15.1 Å². The summed E-state index contributed by atoms with van der Waals surface area (Å²) in [4.78, 5) is 29.9. The number of fused-ring (bicyclic) bond motifs is 1. The molecule has 4 atom stereocenters. The van der Waals surface area contributed by atoms with Crippen LogP contribution >= 0.6 is 0 Å². The monoisotopic (exact) mass is 481 g/mol. The SMILES string of the molecule is C=CC1=C(C=CC2C=CC3C=C(C(=O)N(CCC)CCC)CC([NH3+])NC3C2)CN(CC(C)C)C1=O. The summed E-state index contributed by atoms with van der Waals surface area (Å²) in [6.45, 7) is 15.4. The average Bonchev–Trinajstić information content (AvgIpc) is 2.99. The molecule has 3 rings (SSSR count). The van der Waals surface area contributed by atoms with Crippen LogP contribution in [0.2, 0.25) is 0 Å². The minimum absolute atomic E-state index is 0.00792. The van der Waals surface area contributed by atoms with Gasteiger partial charge in [0.05, 0.1) is 0 Å². The number of quaternary nitrogens is 1. The Labute approximate surface area is 211 Å². The van der Waals surface area contributed by atoms with Crippen molar-refractivity contribution in [3.63, 3.8) is 0 Å². The predicted molar refractivity (Wildman–Crippen MR) is 142 cm³/mol. The molecular weight excluding hydrogens is 436 g/mol. The molecule has 0 radical (unpaired) electrons. The fourth-order valence-electron chi connectivity index (χ4n) is 5.43. The van der Waals surface area contributed by atoms with E-state index in [0.29, 0.717) is 18.9 Å². The Balaban J connectivity index is 1.74. The fraction of sp³-hybridized carbons (Fsp3) is 0.586. The lowest BCUT2D eigenvalue weighted by Gasteiger charge is -2.29. The number of rotatable bonds is 10. The number of carbonyl (C=O) groups is 2. The van der Waals surface area contributed by atoms with Crippen LogP contribution in [0.1, 0.15) is 53.4 Å². The number of hydrogen-bond acceptors (Lipinski definition) is 3. The molecule has 4 unspecified atom stereocenters. The Morgan fingerprint density at radius 2 is 2.00 bits per heavy atom. The van der Waals surface area contributed by atoms with E-state index in [9.17, 15) is 9.59 Å². The second kappa shape index (κ2) is 12.5. The highest BCUT2D eigenvalue weighted by molar-refractivity contribution is 6.00. The quantitative estimate of drug-likeness (QED) is 0.470. The van der Waals surface area contributed by atoms with E-state index in [0.717, 1.165) is 55.6 Å². The lowest BCUT2D eigenvalue weighted by Crippen LogP contribution is -2.70. The molecule has 0 bridgehead atoms. The molecule has 2 amide bonds. The Hall–Kier alpha value is -2.44. The van der Waals surface area contributed by atoms with E-state index in [2.05, 4.69) is 75.7 Å². The molecule has 0 aromatic rings. The molecule has 4 N–H and O–H groups in total. The third-order valence-corrected chi connectivity index (χ3v) is 6.99. The van der Waals surface area contributed by atoms with Gasteiger partial charge in [0.15, 0.2) is 0 Å². The standard InChI is InChI=1S/C29H44N4O2/c1-6-13-32(14-7-2)28(34)24-16-22-11-9-21(15-26(22)31-27(30)17-24)10-12-23-19-33(18-20(4)5)29(35)25(23)8-3/h8-12,16,20-22,26-27,31H,3,6-7,13-15,17-19,30H2,1-2,4-5H3/p+1. The van der Waals surface area contributed by atoms with Gasteiger partial charge in [-0.05, 0) is 36.7 Å². The number of amides is 2. The van der Waals surface area contributed by atoms with Crippen molar-refractivity contribution in [3.05, 3.63) is 59.8 Å². The molecule has 2 aliphatic heterocycles. The van der Waals surface area contributed by atoms with Crippen LogP contribution in [0.25, 0.3) is 0 Å². The van der Waals surface area contributed by atoms with Crippen LogP contribution in [-0.4, -0.2) is 60.0 Å². The largest absolute Gasteiger partial charge is 0.342 e. The third kappa shape index (κ3) is 6.83. The minimum atomic E-state index is 0.00792. The van der Waals surface area contributed by atoms with Crippen LogP contribution in [0.15, 0.2) is 59.8 Å². The summed E-state index contributed by atoms with van der Waals surface area (Å²) < 4.78 is 0. The normalized spacial score (nSPS) is 26.9. The van der Waals surface area contributed by atoms with Gasteiger partial charge in [0.25, 0.3) is 5.91 Å².